The molecule has 0 atom stereocenters. The topological polar surface area (TPSA) is 32.3 Å². The van der Waals surface area contributed by atoms with Crippen molar-refractivity contribution in [3.63, 3.8) is 0 Å². The van der Waals surface area contributed by atoms with Gasteiger partial charge in [0.15, 0.2) is 0 Å². The molecule has 1 aliphatic rings. The van der Waals surface area contributed by atoms with Gasteiger partial charge in [-0.1, -0.05) is 11.6 Å². The molecule has 0 spiro atoms. The SMILES string of the molecule is CN(CCNC(=O)c1ccc(Cl)cc1Br)C1CC1. The van der Waals surface area contributed by atoms with Crippen LogP contribution >= 0.6 is 27.5 Å². The lowest BCUT2D eigenvalue weighted by molar-refractivity contribution is 0.0948. The first-order valence-corrected chi connectivity index (χ1v) is 7.18. The maximum Gasteiger partial charge on any atom is 0.252 e. The normalized spacial score (nSPS) is 14.9. The molecule has 0 aromatic heterocycles. The lowest BCUT2D eigenvalue weighted by atomic mass is 10.2. The average Bonchev–Trinajstić information content (AvgIpc) is 3.12. The summed E-state index contributed by atoms with van der Waals surface area (Å²) in [5.74, 6) is -0.0669. The van der Waals surface area contributed by atoms with E-state index in [1.165, 1.54) is 12.8 Å². The summed E-state index contributed by atoms with van der Waals surface area (Å²) in [6.45, 7) is 1.56. The van der Waals surface area contributed by atoms with Crippen molar-refractivity contribution >= 4 is 33.4 Å². The van der Waals surface area contributed by atoms with Gasteiger partial charge in [-0.2, -0.15) is 0 Å². The van der Waals surface area contributed by atoms with Crippen LogP contribution in [0.15, 0.2) is 22.7 Å². The molecule has 3 nitrogen and oxygen atoms in total. The second-order valence-electron chi connectivity index (χ2n) is 4.59. The Bertz CT molecular complexity index is 449. The Morgan fingerprint density at radius 1 is 1.56 bits per heavy atom. The quantitative estimate of drug-likeness (QED) is 0.900. The number of nitrogens with zero attached hydrogens (tertiary/aromatic N) is 1. The van der Waals surface area contributed by atoms with Gasteiger partial charge in [0.2, 0.25) is 0 Å². The molecular formula is C13H16BrClN2O. The second-order valence-corrected chi connectivity index (χ2v) is 5.88. The van der Waals surface area contributed by atoms with Gasteiger partial charge in [-0.3, -0.25) is 4.79 Å². The standard InChI is InChI=1S/C13H16BrClN2O/c1-17(10-3-4-10)7-6-16-13(18)11-5-2-9(15)8-12(11)14/h2,5,8,10H,3-4,6-7H2,1H3,(H,16,18). The average molecular weight is 332 g/mol. The fraction of sp³-hybridized carbons (Fsp3) is 0.462. The van der Waals surface area contributed by atoms with E-state index in [4.69, 9.17) is 11.6 Å². The van der Waals surface area contributed by atoms with Crippen molar-refractivity contribution in [3.05, 3.63) is 33.3 Å². The number of amides is 1. The smallest absolute Gasteiger partial charge is 0.252 e. The van der Waals surface area contributed by atoms with Crippen LogP contribution in [0.4, 0.5) is 0 Å². The third kappa shape index (κ3) is 3.70. The second kappa shape index (κ2) is 6.04. The molecule has 18 heavy (non-hydrogen) atoms. The van der Waals surface area contributed by atoms with Crippen molar-refractivity contribution in [1.29, 1.82) is 0 Å². The Morgan fingerprint density at radius 3 is 2.89 bits per heavy atom. The number of rotatable bonds is 5. The third-order valence-electron chi connectivity index (χ3n) is 3.10. The summed E-state index contributed by atoms with van der Waals surface area (Å²) in [6, 6.07) is 5.90. The maximum absolute atomic E-state index is 11.9. The van der Waals surface area contributed by atoms with E-state index in [1.807, 2.05) is 0 Å². The van der Waals surface area contributed by atoms with Gasteiger partial charge in [0.25, 0.3) is 5.91 Å². The number of carbonyl (C=O) groups excluding carboxylic acids is 1. The molecular weight excluding hydrogens is 316 g/mol. The zero-order valence-electron chi connectivity index (χ0n) is 10.2. The first-order chi connectivity index (χ1) is 8.58. The van der Waals surface area contributed by atoms with Crippen LogP contribution < -0.4 is 5.32 Å². The molecule has 1 N–H and O–H groups in total. The van der Waals surface area contributed by atoms with Crippen LogP contribution in [0.5, 0.6) is 0 Å². The molecule has 98 valence electrons. The number of nitrogens with one attached hydrogen (secondary N) is 1. The Morgan fingerprint density at radius 2 is 2.28 bits per heavy atom. The first kappa shape index (κ1) is 13.8. The summed E-state index contributed by atoms with van der Waals surface area (Å²) >= 11 is 9.19. The van der Waals surface area contributed by atoms with E-state index in [0.717, 1.165) is 17.1 Å². The summed E-state index contributed by atoms with van der Waals surface area (Å²) in [7, 11) is 2.10. The minimum Gasteiger partial charge on any atom is -0.351 e. The molecule has 1 amide bonds. The largest absolute Gasteiger partial charge is 0.351 e. The van der Waals surface area contributed by atoms with E-state index in [0.29, 0.717) is 17.1 Å². The molecule has 1 saturated carbocycles. The highest BCUT2D eigenvalue weighted by Crippen LogP contribution is 2.24. The van der Waals surface area contributed by atoms with Crippen molar-refractivity contribution in [2.75, 3.05) is 20.1 Å². The number of hydrogen-bond donors (Lipinski definition) is 1. The Balaban J connectivity index is 1.83. The Kier molecular flexibility index (Phi) is 4.65. The fourth-order valence-corrected chi connectivity index (χ4v) is 2.68. The molecule has 0 unspecified atom stereocenters. The highest BCUT2D eigenvalue weighted by atomic mass is 79.9. The minimum absolute atomic E-state index is 0.0669. The minimum atomic E-state index is -0.0669. The fourth-order valence-electron chi connectivity index (χ4n) is 1.81. The lowest BCUT2D eigenvalue weighted by Crippen LogP contribution is -2.34. The van der Waals surface area contributed by atoms with Crippen LogP contribution in [0.2, 0.25) is 5.02 Å². The summed E-state index contributed by atoms with van der Waals surface area (Å²) in [4.78, 5) is 14.2. The molecule has 0 radical (unpaired) electrons. The van der Waals surface area contributed by atoms with Gasteiger partial charge in [-0.15, -0.1) is 0 Å². The number of hydrogen-bond acceptors (Lipinski definition) is 2. The molecule has 0 bridgehead atoms. The van der Waals surface area contributed by atoms with Gasteiger partial charge in [-0.25, -0.2) is 0 Å². The van der Waals surface area contributed by atoms with Crippen molar-refractivity contribution in [2.45, 2.75) is 18.9 Å². The van der Waals surface area contributed by atoms with Crippen LogP contribution in [0, 0.1) is 0 Å². The third-order valence-corrected chi connectivity index (χ3v) is 3.99. The molecule has 1 aromatic carbocycles. The maximum atomic E-state index is 11.9. The lowest BCUT2D eigenvalue weighted by Gasteiger charge is -2.15. The molecule has 2 rings (SSSR count). The van der Waals surface area contributed by atoms with Crippen molar-refractivity contribution in [1.82, 2.24) is 10.2 Å². The van der Waals surface area contributed by atoms with Gasteiger partial charge in [0, 0.05) is 28.6 Å². The van der Waals surface area contributed by atoms with Crippen LogP contribution in [0.3, 0.4) is 0 Å². The Hall–Kier alpha value is -0.580. The highest BCUT2D eigenvalue weighted by molar-refractivity contribution is 9.10. The monoisotopic (exact) mass is 330 g/mol. The zero-order chi connectivity index (χ0) is 13.1. The van der Waals surface area contributed by atoms with Gasteiger partial charge in [-0.05, 0) is 54.0 Å². The van der Waals surface area contributed by atoms with Gasteiger partial charge in [0.1, 0.15) is 0 Å². The zero-order valence-corrected chi connectivity index (χ0v) is 12.6. The van der Waals surface area contributed by atoms with Crippen molar-refractivity contribution < 1.29 is 4.79 Å². The van der Waals surface area contributed by atoms with Crippen LogP contribution in [0.1, 0.15) is 23.2 Å². The molecule has 0 aliphatic heterocycles. The van der Waals surface area contributed by atoms with E-state index in [-0.39, 0.29) is 5.91 Å². The Labute approximate surface area is 121 Å². The number of benzene rings is 1. The molecule has 1 aliphatic carbocycles. The summed E-state index contributed by atoms with van der Waals surface area (Å²) in [5.41, 5.74) is 0.619. The number of likely N-dealkylation sites (N-methyl/N-ethyl adjacent to an activating group) is 1. The number of halogens is 2. The summed E-state index contributed by atoms with van der Waals surface area (Å²) in [6.07, 6.45) is 2.57. The van der Waals surface area contributed by atoms with E-state index >= 15 is 0 Å². The van der Waals surface area contributed by atoms with Crippen molar-refractivity contribution in [3.8, 4) is 0 Å². The van der Waals surface area contributed by atoms with Crippen LogP contribution in [-0.4, -0.2) is 37.0 Å². The first-order valence-electron chi connectivity index (χ1n) is 6.01. The van der Waals surface area contributed by atoms with Crippen molar-refractivity contribution in [2.24, 2.45) is 0 Å². The van der Waals surface area contributed by atoms with Gasteiger partial charge >= 0.3 is 0 Å². The van der Waals surface area contributed by atoms with E-state index in [9.17, 15) is 4.79 Å². The number of carbonyl (C=O) groups is 1. The molecule has 0 heterocycles. The molecule has 5 heteroatoms. The van der Waals surface area contributed by atoms with Gasteiger partial charge < -0.3 is 10.2 Å². The highest BCUT2D eigenvalue weighted by Gasteiger charge is 2.25. The van der Waals surface area contributed by atoms with Gasteiger partial charge in [0.05, 0.1) is 5.56 Å². The predicted molar refractivity (Wildman–Crippen MR) is 77.1 cm³/mol. The predicted octanol–water partition coefficient (Wildman–Crippen LogP) is 2.93. The summed E-state index contributed by atoms with van der Waals surface area (Å²) in [5, 5.41) is 3.54. The van der Waals surface area contributed by atoms with Crippen LogP contribution in [-0.2, 0) is 0 Å². The van der Waals surface area contributed by atoms with E-state index in [1.54, 1.807) is 18.2 Å². The molecule has 1 fully saturated rings. The molecule has 0 saturated heterocycles. The van der Waals surface area contributed by atoms with Crippen LogP contribution in [0.25, 0.3) is 0 Å². The summed E-state index contributed by atoms with van der Waals surface area (Å²) < 4.78 is 0.725. The van der Waals surface area contributed by atoms with E-state index in [2.05, 4.69) is 33.2 Å². The molecule has 1 aromatic rings. The van der Waals surface area contributed by atoms with E-state index < -0.39 is 0 Å².